The summed E-state index contributed by atoms with van der Waals surface area (Å²) < 4.78 is 11.8. The molecule has 2 N–H and O–H groups in total. The summed E-state index contributed by atoms with van der Waals surface area (Å²) in [6, 6.07) is 0. The third kappa shape index (κ3) is 6.89. The first-order chi connectivity index (χ1) is 14.3. The standard InChI is InChI=1S/C19H31N3O9/c1-6-7-20-16(27)21(9-12(2)23)18(29)22(17(20)28)10-13(24)11-31-15(26)19(3,4)8-14(25)30-5/h12-13,23-24H,6-11H2,1-5H3. The van der Waals surface area contributed by atoms with Crippen LogP contribution in [0.3, 0.4) is 0 Å². The molecule has 0 aliphatic heterocycles. The van der Waals surface area contributed by atoms with Crippen LogP contribution in [0.2, 0.25) is 0 Å². The van der Waals surface area contributed by atoms with E-state index in [9.17, 15) is 34.2 Å². The zero-order valence-electron chi connectivity index (χ0n) is 18.5. The number of methoxy groups -OCH3 is 1. The lowest BCUT2D eigenvalue weighted by molar-refractivity contribution is -0.162. The molecule has 176 valence electrons. The van der Waals surface area contributed by atoms with Crippen LogP contribution in [0, 0.1) is 5.41 Å². The van der Waals surface area contributed by atoms with Crippen molar-refractivity contribution >= 4 is 11.9 Å². The van der Waals surface area contributed by atoms with E-state index in [0.717, 1.165) is 9.13 Å². The van der Waals surface area contributed by atoms with Crippen molar-refractivity contribution < 1.29 is 29.3 Å². The number of nitrogens with zero attached hydrogens (tertiary/aromatic N) is 3. The maximum Gasteiger partial charge on any atom is 0.336 e. The Balaban J connectivity index is 3.08. The van der Waals surface area contributed by atoms with Gasteiger partial charge in [0.1, 0.15) is 12.7 Å². The number of rotatable bonds is 11. The third-order valence-corrected chi connectivity index (χ3v) is 4.45. The van der Waals surface area contributed by atoms with E-state index in [4.69, 9.17) is 4.74 Å². The number of esters is 2. The normalized spacial score (nSPS) is 13.5. The van der Waals surface area contributed by atoms with Gasteiger partial charge in [0, 0.05) is 6.54 Å². The lowest BCUT2D eigenvalue weighted by atomic mass is 9.89. The summed E-state index contributed by atoms with van der Waals surface area (Å²) in [5.74, 6) is -1.38. The maximum atomic E-state index is 12.6. The van der Waals surface area contributed by atoms with Gasteiger partial charge in [-0.3, -0.25) is 9.59 Å². The van der Waals surface area contributed by atoms with Crippen molar-refractivity contribution in [2.24, 2.45) is 5.41 Å². The Kier molecular flexibility index (Phi) is 9.38. The molecule has 1 heterocycles. The van der Waals surface area contributed by atoms with Crippen molar-refractivity contribution in [3.8, 4) is 0 Å². The van der Waals surface area contributed by atoms with Crippen LogP contribution in [-0.2, 0) is 38.7 Å². The minimum Gasteiger partial charge on any atom is -0.469 e. The Morgan fingerprint density at radius 2 is 1.52 bits per heavy atom. The van der Waals surface area contributed by atoms with E-state index in [1.807, 2.05) is 0 Å². The zero-order valence-corrected chi connectivity index (χ0v) is 18.5. The van der Waals surface area contributed by atoms with Crippen molar-refractivity contribution in [1.82, 2.24) is 13.7 Å². The summed E-state index contributed by atoms with van der Waals surface area (Å²) in [7, 11) is 1.19. The molecule has 2 unspecified atom stereocenters. The van der Waals surface area contributed by atoms with Gasteiger partial charge in [0.15, 0.2) is 0 Å². The van der Waals surface area contributed by atoms with E-state index in [1.165, 1.54) is 27.9 Å². The van der Waals surface area contributed by atoms with Crippen molar-refractivity contribution in [3.05, 3.63) is 31.5 Å². The number of carbonyl (C=O) groups excluding carboxylic acids is 2. The van der Waals surface area contributed by atoms with Crippen molar-refractivity contribution in [1.29, 1.82) is 0 Å². The second-order valence-electron chi connectivity index (χ2n) is 7.96. The summed E-state index contributed by atoms with van der Waals surface area (Å²) >= 11 is 0. The minimum absolute atomic E-state index is 0.0462. The molecule has 12 nitrogen and oxygen atoms in total. The first-order valence-corrected chi connectivity index (χ1v) is 9.90. The Labute approximate surface area is 178 Å². The van der Waals surface area contributed by atoms with Crippen LogP contribution < -0.4 is 17.1 Å². The predicted octanol–water partition coefficient (Wildman–Crippen LogP) is -1.54. The van der Waals surface area contributed by atoms with Gasteiger partial charge in [0.2, 0.25) is 0 Å². The lowest BCUT2D eigenvalue weighted by Crippen LogP contribution is -2.56. The predicted molar refractivity (Wildman–Crippen MR) is 109 cm³/mol. The van der Waals surface area contributed by atoms with Gasteiger partial charge in [-0.2, -0.15) is 0 Å². The van der Waals surface area contributed by atoms with Crippen molar-refractivity contribution in [2.75, 3.05) is 13.7 Å². The highest BCUT2D eigenvalue weighted by molar-refractivity contribution is 5.82. The van der Waals surface area contributed by atoms with Gasteiger partial charge in [0.05, 0.1) is 38.1 Å². The molecule has 0 saturated heterocycles. The smallest absolute Gasteiger partial charge is 0.336 e. The molecule has 0 aliphatic carbocycles. The summed E-state index contributed by atoms with van der Waals surface area (Å²) in [5, 5.41) is 19.8. The molecule has 0 amide bonds. The highest BCUT2D eigenvalue weighted by atomic mass is 16.5. The Bertz CT molecular complexity index is 956. The fourth-order valence-electron chi connectivity index (χ4n) is 2.81. The Morgan fingerprint density at radius 1 is 1.00 bits per heavy atom. The van der Waals surface area contributed by atoms with Gasteiger partial charge in [-0.05, 0) is 27.2 Å². The quantitative estimate of drug-likeness (QED) is 0.385. The van der Waals surface area contributed by atoms with E-state index < -0.39 is 59.8 Å². The van der Waals surface area contributed by atoms with Crippen molar-refractivity contribution in [3.63, 3.8) is 0 Å². The minimum atomic E-state index is -1.43. The molecule has 0 bridgehead atoms. The number of aliphatic hydroxyl groups excluding tert-OH is 2. The molecule has 0 spiro atoms. The monoisotopic (exact) mass is 445 g/mol. The third-order valence-electron chi connectivity index (χ3n) is 4.45. The molecule has 0 aliphatic rings. The van der Waals surface area contributed by atoms with Crippen LogP contribution in [0.4, 0.5) is 0 Å². The molecule has 12 heteroatoms. The van der Waals surface area contributed by atoms with Crippen LogP contribution >= 0.6 is 0 Å². The van der Waals surface area contributed by atoms with E-state index in [0.29, 0.717) is 11.0 Å². The van der Waals surface area contributed by atoms with Crippen LogP contribution in [-0.4, -0.2) is 61.8 Å². The van der Waals surface area contributed by atoms with Gasteiger partial charge in [-0.1, -0.05) is 6.92 Å². The first-order valence-electron chi connectivity index (χ1n) is 9.90. The van der Waals surface area contributed by atoms with E-state index in [2.05, 4.69) is 4.74 Å². The number of hydrogen-bond donors (Lipinski definition) is 2. The van der Waals surface area contributed by atoms with Crippen LogP contribution in [0.1, 0.15) is 40.5 Å². The molecule has 1 aromatic heterocycles. The number of aromatic nitrogens is 3. The Hall–Kier alpha value is -2.73. The topological polar surface area (TPSA) is 159 Å². The van der Waals surface area contributed by atoms with E-state index in [-0.39, 0.29) is 19.5 Å². The number of carbonyl (C=O) groups is 2. The second-order valence-corrected chi connectivity index (χ2v) is 7.96. The molecular weight excluding hydrogens is 414 g/mol. The fourth-order valence-corrected chi connectivity index (χ4v) is 2.81. The van der Waals surface area contributed by atoms with Crippen LogP contribution in [0.15, 0.2) is 14.4 Å². The molecule has 0 fully saturated rings. The largest absolute Gasteiger partial charge is 0.469 e. The van der Waals surface area contributed by atoms with Gasteiger partial charge in [0.25, 0.3) is 0 Å². The molecule has 1 aromatic rings. The lowest BCUT2D eigenvalue weighted by Gasteiger charge is -2.22. The SMILES string of the molecule is CCCn1c(=O)n(CC(C)O)c(=O)n(CC(O)COC(=O)C(C)(C)CC(=O)OC)c1=O. The highest BCUT2D eigenvalue weighted by Gasteiger charge is 2.33. The summed E-state index contributed by atoms with van der Waals surface area (Å²) in [4.78, 5) is 61.3. The summed E-state index contributed by atoms with van der Waals surface area (Å²) in [6.45, 7) is 4.71. The number of hydrogen-bond acceptors (Lipinski definition) is 9. The maximum absolute atomic E-state index is 12.6. The average Bonchev–Trinajstić information content (AvgIpc) is 2.69. The summed E-state index contributed by atoms with van der Waals surface area (Å²) in [5.41, 5.74) is -3.95. The van der Waals surface area contributed by atoms with E-state index in [1.54, 1.807) is 6.92 Å². The molecule has 31 heavy (non-hydrogen) atoms. The van der Waals surface area contributed by atoms with Crippen LogP contribution in [0.5, 0.6) is 0 Å². The van der Waals surface area contributed by atoms with Crippen molar-refractivity contribution in [2.45, 2.75) is 72.4 Å². The van der Waals surface area contributed by atoms with E-state index >= 15 is 0 Å². The molecule has 0 radical (unpaired) electrons. The number of ether oxygens (including phenoxy) is 2. The average molecular weight is 445 g/mol. The molecular formula is C19H31N3O9. The molecule has 0 saturated carbocycles. The van der Waals surface area contributed by atoms with Gasteiger partial charge in [-0.15, -0.1) is 0 Å². The molecule has 0 aromatic carbocycles. The zero-order chi connectivity index (χ0) is 23.9. The Morgan fingerprint density at radius 3 is 2.00 bits per heavy atom. The van der Waals surface area contributed by atoms with Gasteiger partial charge in [-0.25, -0.2) is 28.1 Å². The van der Waals surface area contributed by atoms with Gasteiger partial charge < -0.3 is 19.7 Å². The number of aliphatic hydroxyl groups is 2. The van der Waals surface area contributed by atoms with Gasteiger partial charge >= 0.3 is 29.0 Å². The van der Waals surface area contributed by atoms with Crippen LogP contribution in [0.25, 0.3) is 0 Å². The summed E-state index contributed by atoms with van der Waals surface area (Å²) in [6.07, 6.45) is -2.24. The highest BCUT2D eigenvalue weighted by Crippen LogP contribution is 2.22. The second kappa shape index (κ2) is 11.0. The first kappa shape index (κ1) is 26.3. The molecule has 2 atom stereocenters. The fraction of sp³-hybridized carbons (Fsp3) is 0.737. The molecule has 1 rings (SSSR count).